The third-order valence-electron chi connectivity index (χ3n) is 5.62. The van der Waals surface area contributed by atoms with Gasteiger partial charge < -0.3 is 25.4 Å². The van der Waals surface area contributed by atoms with Crippen molar-refractivity contribution in [3.63, 3.8) is 0 Å². The van der Waals surface area contributed by atoms with Crippen LogP contribution >= 0.6 is 0 Å². The van der Waals surface area contributed by atoms with E-state index in [-0.39, 0.29) is 5.91 Å². The van der Waals surface area contributed by atoms with Gasteiger partial charge in [0.05, 0.1) is 6.61 Å². The highest BCUT2D eigenvalue weighted by Crippen LogP contribution is 2.32. The first-order valence-electron chi connectivity index (χ1n) is 12.0. The number of aliphatic hydroxyl groups excluding tert-OH is 1. The Bertz CT molecular complexity index is 832. The molecule has 0 radical (unpaired) electrons. The smallest absolute Gasteiger partial charge is 0.408 e. The van der Waals surface area contributed by atoms with Gasteiger partial charge in [0.2, 0.25) is 11.8 Å². The summed E-state index contributed by atoms with van der Waals surface area (Å²) in [6, 6.07) is 5.27. The van der Waals surface area contributed by atoms with Crippen molar-refractivity contribution in [3.8, 4) is 0 Å². The quantitative estimate of drug-likeness (QED) is 0.420. The van der Waals surface area contributed by atoms with Crippen molar-refractivity contribution in [2.24, 2.45) is 0 Å². The number of nitrogens with one attached hydrogen (secondary N) is 2. The van der Waals surface area contributed by atoms with Crippen molar-refractivity contribution in [2.45, 2.75) is 97.9 Å². The Hall–Kier alpha value is -2.61. The van der Waals surface area contributed by atoms with Gasteiger partial charge in [0, 0.05) is 12.1 Å². The van der Waals surface area contributed by atoms with E-state index in [0.717, 1.165) is 18.4 Å². The molecule has 2 unspecified atom stereocenters. The van der Waals surface area contributed by atoms with Crippen LogP contribution in [0.5, 0.6) is 0 Å². The highest BCUT2D eigenvalue weighted by molar-refractivity contribution is 5.92. The molecule has 0 bridgehead atoms. The average molecular weight is 478 g/mol. The lowest BCUT2D eigenvalue weighted by atomic mass is 9.91. The minimum absolute atomic E-state index is 0.303. The Morgan fingerprint density at radius 3 is 2.26 bits per heavy atom. The highest BCUT2D eigenvalue weighted by atomic mass is 16.6. The molecule has 0 saturated heterocycles. The SMILES string of the molecule is CCCCNC(=O)C(c1cccc(C)c1)N(C(=O)C(CO)NC(=O)OC(C)(C)C)C(C)(C)CC. The fourth-order valence-corrected chi connectivity index (χ4v) is 3.49. The number of unbranched alkanes of at least 4 members (excludes halogenated alkanes) is 1. The fraction of sp³-hybridized carbons (Fsp3) is 0.654. The molecule has 0 saturated carbocycles. The minimum atomic E-state index is -1.27. The van der Waals surface area contributed by atoms with Gasteiger partial charge in [-0.3, -0.25) is 9.59 Å². The van der Waals surface area contributed by atoms with E-state index in [1.54, 1.807) is 20.8 Å². The molecule has 34 heavy (non-hydrogen) atoms. The van der Waals surface area contributed by atoms with Crippen molar-refractivity contribution < 1.29 is 24.2 Å². The van der Waals surface area contributed by atoms with Crippen LogP contribution in [0.15, 0.2) is 24.3 Å². The average Bonchev–Trinajstić information content (AvgIpc) is 2.73. The second-order valence-corrected chi connectivity index (χ2v) is 10.2. The molecular formula is C26H43N3O5. The van der Waals surface area contributed by atoms with Gasteiger partial charge in [0.15, 0.2) is 0 Å². The van der Waals surface area contributed by atoms with E-state index in [2.05, 4.69) is 10.6 Å². The van der Waals surface area contributed by atoms with Crippen molar-refractivity contribution in [1.29, 1.82) is 0 Å². The van der Waals surface area contributed by atoms with Gasteiger partial charge in [-0.1, -0.05) is 50.1 Å². The van der Waals surface area contributed by atoms with Gasteiger partial charge in [0.1, 0.15) is 17.7 Å². The monoisotopic (exact) mass is 477 g/mol. The van der Waals surface area contributed by atoms with Gasteiger partial charge in [-0.15, -0.1) is 0 Å². The number of alkyl carbamates (subject to hydrolysis) is 1. The topological polar surface area (TPSA) is 108 Å². The Morgan fingerprint density at radius 2 is 1.76 bits per heavy atom. The number of carbonyl (C=O) groups excluding carboxylic acids is 3. The van der Waals surface area contributed by atoms with Gasteiger partial charge in [-0.25, -0.2) is 4.79 Å². The van der Waals surface area contributed by atoms with E-state index in [1.165, 1.54) is 4.90 Å². The van der Waals surface area contributed by atoms with Crippen molar-refractivity contribution >= 4 is 17.9 Å². The Kier molecular flexibility index (Phi) is 11.0. The number of hydrogen-bond donors (Lipinski definition) is 3. The maximum atomic E-state index is 13.8. The standard InChI is InChI=1S/C26H43N3O5/c1-9-11-15-27-22(31)21(19-14-12-13-18(3)16-19)29(26(7,8)10-2)23(32)20(17-30)28-24(33)34-25(4,5)6/h12-14,16,20-21,30H,9-11,15,17H2,1-8H3,(H,27,31)(H,28,33). The molecule has 0 aliphatic heterocycles. The van der Waals surface area contributed by atoms with Gasteiger partial charge >= 0.3 is 6.09 Å². The molecule has 0 fully saturated rings. The third kappa shape index (κ3) is 8.63. The first kappa shape index (κ1) is 29.4. The molecule has 0 aliphatic rings. The zero-order valence-corrected chi connectivity index (χ0v) is 22.0. The Morgan fingerprint density at radius 1 is 1.12 bits per heavy atom. The largest absolute Gasteiger partial charge is 0.444 e. The van der Waals surface area contributed by atoms with Crippen LogP contribution in [0.4, 0.5) is 4.79 Å². The summed E-state index contributed by atoms with van der Waals surface area (Å²) in [5, 5.41) is 15.5. The molecule has 0 aliphatic carbocycles. The van der Waals surface area contributed by atoms with E-state index >= 15 is 0 Å². The van der Waals surface area contributed by atoms with E-state index in [1.807, 2.05) is 58.9 Å². The number of hydrogen-bond acceptors (Lipinski definition) is 5. The lowest BCUT2D eigenvalue weighted by Gasteiger charge is -2.44. The molecule has 0 heterocycles. The van der Waals surface area contributed by atoms with Crippen LogP contribution in [-0.2, 0) is 14.3 Å². The maximum Gasteiger partial charge on any atom is 0.408 e. The third-order valence-corrected chi connectivity index (χ3v) is 5.62. The lowest BCUT2D eigenvalue weighted by molar-refractivity contribution is -0.150. The normalized spacial score (nSPS) is 13.6. The molecule has 3 N–H and O–H groups in total. The molecule has 0 aromatic heterocycles. The zero-order valence-electron chi connectivity index (χ0n) is 22.0. The first-order valence-corrected chi connectivity index (χ1v) is 12.0. The van der Waals surface area contributed by atoms with Crippen molar-refractivity contribution in [2.75, 3.05) is 13.2 Å². The molecule has 2 atom stereocenters. The lowest BCUT2D eigenvalue weighted by Crippen LogP contribution is -2.60. The van der Waals surface area contributed by atoms with Gasteiger partial charge in [-0.05, 0) is 59.9 Å². The summed E-state index contributed by atoms with van der Waals surface area (Å²) in [5.74, 6) is -0.861. The van der Waals surface area contributed by atoms with Crippen LogP contribution in [0, 0.1) is 6.92 Å². The zero-order chi connectivity index (χ0) is 26.1. The van der Waals surface area contributed by atoms with Crippen LogP contribution in [0.25, 0.3) is 0 Å². The molecular weight excluding hydrogens is 434 g/mol. The minimum Gasteiger partial charge on any atom is -0.444 e. The molecule has 1 rings (SSSR count). The molecule has 0 spiro atoms. The van der Waals surface area contributed by atoms with Gasteiger partial charge in [-0.2, -0.15) is 0 Å². The molecule has 3 amide bonds. The fourth-order valence-electron chi connectivity index (χ4n) is 3.49. The number of aliphatic hydroxyl groups is 1. The second kappa shape index (κ2) is 12.7. The summed E-state index contributed by atoms with van der Waals surface area (Å²) in [7, 11) is 0. The van der Waals surface area contributed by atoms with Crippen LogP contribution in [0.1, 0.15) is 84.9 Å². The summed E-state index contributed by atoms with van der Waals surface area (Å²) in [6.07, 6.45) is 1.48. The van der Waals surface area contributed by atoms with Crippen LogP contribution in [0.2, 0.25) is 0 Å². The number of nitrogens with zero attached hydrogens (tertiary/aromatic N) is 1. The summed E-state index contributed by atoms with van der Waals surface area (Å²) >= 11 is 0. The molecule has 8 heteroatoms. The highest BCUT2D eigenvalue weighted by Gasteiger charge is 2.43. The predicted molar refractivity (Wildman–Crippen MR) is 133 cm³/mol. The number of benzene rings is 1. The van der Waals surface area contributed by atoms with Gasteiger partial charge in [0.25, 0.3) is 0 Å². The summed E-state index contributed by atoms with van der Waals surface area (Å²) in [6.45, 7) is 14.6. The molecule has 192 valence electrons. The summed E-state index contributed by atoms with van der Waals surface area (Å²) < 4.78 is 5.27. The summed E-state index contributed by atoms with van der Waals surface area (Å²) in [5.41, 5.74) is 0.101. The van der Waals surface area contributed by atoms with E-state index < -0.39 is 41.8 Å². The Labute approximate surface area is 204 Å². The number of amides is 3. The first-order chi connectivity index (χ1) is 15.8. The van der Waals surface area contributed by atoms with E-state index in [4.69, 9.17) is 4.74 Å². The number of ether oxygens (including phenoxy) is 1. The number of rotatable bonds is 11. The summed E-state index contributed by atoms with van der Waals surface area (Å²) in [4.78, 5) is 41.2. The maximum absolute atomic E-state index is 13.8. The number of carbonyl (C=O) groups is 3. The van der Waals surface area contributed by atoms with Crippen LogP contribution < -0.4 is 10.6 Å². The number of aryl methyl sites for hydroxylation is 1. The van der Waals surface area contributed by atoms with Crippen LogP contribution in [-0.4, -0.2) is 58.2 Å². The van der Waals surface area contributed by atoms with E-state index in [0.29, 0.717) is 18.5 Å². The van der Waals surface area contributed by atoms with Crippen molar-refractivity contribution in [1.82, 2.24) is 15.5 Å². The van der Waals surface area contributed by atoms with Crippen LogP contribution in [0.3, 0.4) is 0 Å². The second-order valence-electron chi connectivity index (χ2n) is 10.2. The van der Waals surface area contributed by atoms with E-state index in [9.17, 15) is 19.5 Å². The molecule has 1 aromatic carbocycles. The van der Waals surface area contributed by atoms with Crippen molar-refractivity contribution in [3.05, 3.63) is 35.4 Å². The predicted octanol–water partition coefficient (Wildman–Crippen LogP) is 3.86. The Balaban J connectivity index is 3.48. The molecule has 1 aromatic rings. The molecule has 8 nitrogen and oxygen atoms in total.